The molecular weight excluding hydrogens is 260 g/mol. The summed E-state index contributed by atoms with van der Waals surface area (Å²) in [5.41, 5.74) is -1.28. The summed E-state index contributed by atoms with van der Waals surface area (Å²) >= 11 is 0. The predicted octanol–water partition coefficient (Wildman–Crippen LogP) is 1.94. The molecule has 0 aromatic rings. The lowest BCUT2D eigenvalue weighted by molar-refractivity contribution is -0.179. The Labute approximate surface area is 120 Å². The van der Waals surface area contributed by atoms with Crippen molar-refractivity contribution in [2.24, 2.45) is 17.3 Å². The van der Waals surface area contributed by atoms with Crippen LogP contribution in [0, 0.1) is 17.3 Å². The second-order valence-corrected chi connectivity index (χ2v) is 5.89. The molecule has 2 saturated carbocycles. The lowest BCUT2D eigenvalue weighted by atomic mass is 9.74. The normalized spacial score (nSPS) is 19.9. The first-order chi connectivity index (χ1) is 9.65. The highest BCUT2D eigenvalue weighted by atomic mass is 16.6. The Balaban J connectivity index is 2.15. The minimum absolute atomic E-state index is 0.0402. The van der Waals surface area contributed by atoms with Crippen LogP contribution in [0.2, 0.25) is 0 Å². The van der Waals surface area contributed by atoms with Crippen molar-refractivity contribution in [1.29, 1.82) is 0 Å². The Bertz CT molecular complexity index is 339. The Hall–Kier alpha value is -1.10. The highest BCUT2D eigenvalue weighted by Gasteiger charge is 2.55. The molecule has 0 aromatic heterocycles. The lowest BCUT2D eigenvalue weighted by Crippen LogP contribution is -2.50. The van der Waals surface area contributed by atoms with E-state index in [-0.39, 0.29) is 12.5 Å². The highest BCUT2D eigenvalue weighted by Crippen LogP contribution is 2.42. The van der Waals surface area contributed by atoms with Crippen molar-refractivity contribution in [3.8, 4) is 0 Å². The van der Waals surface area contributed by atoms with Gasteiger partial charge in [-0.25, -0.2) is 0 Å². The van der Waals surface area contributed by atoms with Gasteiger partial charge in [0.2, 0.25) is 0 Å². The highest BCUT2D eigenvalue weighted by molar-refractivity contribution is 6.00. The van der Waals surface area contributed by atoms with E-state index >= 15 is 0 Å². The number of hydrogen-bond donors (Lipinski definition) is 0. The third kappa shape index (κ3) is 2.97. The summed E-state index contributed by atoms with van der Waals surface area (Å²) < 4.78 is 15.5. The van der Waals surface area contributed by atoms with Gasteiger partial charge in [-0.05, 0) is 37.5 Å². The zero-order valence-electron chi connectivity index (χ0n) is 12.4. The molecule has 2 aliphatic carbocycles. The minimum Gasteiger partial charge on any atom is -0.468 e. The summed E-state index contributed by atoms with van der Waals surface area (Å²) in [6.07, 6.45) is 6.10. The van der Waals surface area contributed by atoms with Crippen LogP contribution in [-0.2, 0) is 23.8 Å². The maximum absolute atomic E-state index is 12.3. The van der Waals surface area contributed by atoms with Crippen LogP contribution in [0.4, 0.5) is 0 Å². The van der Waals surface area contributed by atoms with Crippen LogP contribution >= 0.6 is 0 Å². The Morgan fingerprint density at radius 3 is 2.00 bits per heavy atom. The van der Waals surface area contributed by atoms with Crippen molar-refractivity contribution in [3.05, 3.63) is 0 Å². The predicted molar refractivity (Wildman–Crippen MR) is 72.0 cm³/mol. The molecule has 0 aromatic carbocycles. The molecule has 0 unspecified atom stereocenters. The van der Waals surface area contributed by atoms with Gasteiger partial charge in [0.15, 0.2) is 5.41 Å². The number of carbonyl (C=O) groups excluding carboxylic acids is 2. The van der Waals surface area contributed by atoms with E-state index in [1.807, 2.05) is 0 Å². The molecule has 0 bridgehead atoms. The minimum atomic E-state index is -1.28. The lowest BCUT2D eigenvalue weighted by Gasteiger charge is -2.33. The quantitative estimate of drug-likeness (QED) is 0.528. The summed E-state index contributed by atoms with van der Waals surface area (Å²) in [7, 11) is 2.63. The van der Waals surface area contributed by atoms with Gasteiger partial charge in [-0.15, -0.1) is 0 Å². The number of hydrogen-bond acceptors (Lipinski definition) is 5. The Morgan fingerprint density at radius 1 is 1.00 bits per heavy atom. The number of carbonyl (C=O) groups is 2. The van der Waals surface area contributed by atoms with Crippen LogP contribution in [0.5, 0.6) is 0 Å². The molecule has 114 valence electrons. The summed E-state index contributed by atoms with van der Waals surface area (Å²) in [4.78, 5) is 24.6. The first-order valence-electron chi connectivity index (χ1n) is 7.39. The van der Waals surface area contributed by atoms with Crippen LogP contribution in [0.1, 0.15) is 38.5 Å². The Kier molecular flexibility index (Phi) is 5.02. The SMILES string of the molecule is COC(=O)C(COCC1CC1)(C(=O)OC)C1CCCC1. The van der Waals surface area contributed by atoms with Gasteiger partial charge in [-0.3, -0.25) is 9.59 Å². The molecule has 0 atom stereocenters. The molecule has 0 saturated heterocycles. The molecule has 0 spiro atoms. The second-order valence-electron chi connectivity index (χ2n) is 5.89. The third-order valence-corrected chi connectivity index (χ3v) is 4.53. The summed E-state index contributed by atoms with van der Waals surface area (Å²) in [5.74, 6) is -0.493. The molecular formula is C15H24O5. The van der Waals surface area contributed by atoms with Gasteiger partial charge in [0.05, 0.1) is 20.8 Å². The first-order valence-corrected chi connectivity index (χ1v) is 7.39. The number of ether oxygens (including phenoxy) is 3. The molecule has 2 aliphatic rings. The molecule has 0 aliphatic heterocycles. The van der Waals surface area contributed by atoms with Crippen molar-refractivity contribution in [2.45, 2.75) is 38.5 Å². The molecule has 5 heteroatoms. The van der Waals surface area contributed by atoms with Crippen LogP contribution in [0.25, 0.3) is 0 Å². The van der Waals surface area contributed by atoms with Gasteiger partial charge in [-0.1, -0.05) is 12.8 Å². The van der Waals surface area contributed by atoms with Crippen LogP contribution in [0.3, 0.4) is 0 Å². The van der Waals surface area contributed by atoms with Gasteiger partial charge in [0, 0.05) is 6.61 Å². The van der Waals surface area contributed by atoms with E-state index in [1.165, 1.54) is 27.1 Å². The van der Waals surface area contributed by atoms with E-state index in [2.05, 4.69) is 0 Å². The van der Waals surface area contributed by atoms with E-state index in [9.17, 15) is 9.59 Å². The standard InChI is InChI=1S/C15H24O5/c1-18-13(16)15(14(17)19-2,12-5-3-4-6-12)10-20-9-11-7-8-11/h11-12H,3-10H2,1-2H3. The van der Waals surface area contributed by atoms with Crippen molar-refractivity contribution < 1.29 is 23.8 Å². The molecule has 0 amide bonds. The molecule has 2 fully saturated rings. The van der Waals surface area contributed by atoms with E-state index in [0.717, 1.165) is 25.7 Å². The molecule has 20 heavy (non-hydrogen) atoms. The molecule has 0 radical (unpaired) electrons. The molecule has 0 heterocycles. The molecule has 5 nitrogen and oxygen atoms in total. The average molecular weight is 284 g/mol. The molecule has 0 N–H and O–H groups in total. The van der Waals surface area contributed by atoms with E-state index in [4.69, 9.17) is 14.2 Å². The zero-order chi connectivity index (χ0) is 14.6. The summed E-state index contributed by atoms with van der Waals surface area (Å²) in [6.45, 7) is 0.690. The Morgan fingerprint density at radius 2 is 1.55 bits per heavy atom. The fourth-order valence-electron chi connectivity index (χ4n) is 3.11. The van der Waals surface area contributed by atoms with Crippen LogP contribution < -0.4 is 0 Å². The van der Waals surface area contributed by atoms with Crippen LogP contribution in [-0.4, -0.2) is 39.4 Å². The van der Waals surface area contributed by atoms with Crippen molar-refractivity contribution in [2.75, 3.05) is 27.4 Å². The topological polar surface area (TPSA) is 61.8 Å². The summed E-state index contributed by atoms with van der Waals surface area (Å²) in [6, 6.07) is 0. The monoisotopic (exact) mass is 284 g/mol. The molecule has 2 rings (SSSR count). The van der Waals surface area contributed by atoms with Crippen LogP contribution in [0.15, 0.2) is 0 Å². The van der Waals surface area contributed by atoms with Gasteiger partial charge in [0.1, 0.15) is 0 Å². The van der Waals surface area contributed by atoms with Gasteiger partial charge < -0.3 is 14.2 Å². The summed E-state index contributed by atoms with van der Waals surface area (Å²) in [5, 5.41) is 0. The smallest absolute Gasteiger partial charge is 0.325 e. The van der Waals surface area contributed by atoms with Crippen molar-refractivity contribution in [1.82, 2.24) is 0 Å². The van der Waals surface area contributed by atoms with Crippen molar-refractivity contribution >= 4 is 11.9 Å². The van der Waals surface area contributed by atoms with Crippen molar-refractivity contribution in [3.63, 3.8) is 0 Å². The second kappa shape index (κ2) is 6.57. The van der Waals surface area contributed by atoms with E-state index in [1.54, 1.807) is 0 Å². The maximum atomic E-state index is 12.3. The average Bonchev–Trinajstić information content (AvgIpc) is 3.13. The van der Waals surface area contributed by atoms with Gasteiger partial charge in [0.25, 0.3) is 0 Å². The third-order valence-electron chi connectivity index (χ3n) is 4.53. The number of rotatable bonds is 7. The largest absolute Gasteiger partial charge is 0.468 e. The zero-order valence-corrected chi connectivity index (χ0v) is 12.4. The number of methoxy groups -OCH3 is 2. The maximum Gasteiger partial charge on any atom is 0.325 e. The number of esters is 2. The first kappa shape index (κ1) is 15.3. The van der Waals surface area contributed by atoms with Gasteiger partial charge >= 0.3 is 11.9 Å². The van der Waals surface area contributed by atoms with Gasteiger partial charge in [-0.2, -0.15) is 0 Å². The fourth-order valence-corrected chi connectivity index (χ4v) is 3.11. The fraction of sp³-hybridized carbons (Fsp3) is 0.867. The van der Waals surface area contributed by atoms with E-state index in [0.29, 0.717) is 12.5 Å². The van der Waals surface area contributed by atoms with E-state index < -0.39 is 17.4 Å².